The second-order valence-electron chi connectivity index (χ2n) is 4.27. The first kappa shape index (κ1) is 9.62. The van der Waals surface area contributed by atoms with Crippen molar-refractivity contribution in [3.05, 3.63) is 15.0 Å². The molecule has 0 bridgehead atoms. The van der Waals surface area contributed by atoms with Crippen LogP contribution in [-0.4, -0.2) is 10.5 Å². The van der Waals surface area contributed by atoms with Crippen molar-refractivity contribution in [2.45, 2.75) is 37.6 Å². The highest BCUT2D eigenvalue weighted by Gasteiger charge is 2.52. The van der Waals surface area contributed by atoms with Crippen molar-refractivity contribution >= 4 is 27.3 Å². The molecule has 0 aromatic carbocycles. The molecule has 1 fully saturated rings. The number of nitrogens with zero attached hydrogens (tertiary/aromatic N) is 1. The van der Waals surface area contributed by atoms with E-state index in [-0.39, 0.29) is 11.0 Å². The lowest BCUT2D eigenvalue weighted by Crippen LogP contribution is -2.43. The first-order valence-electron chi connectivity index (χ1n) is 4.36. The summed E-state index contributed by atoms with van der Waals surface area (Å²) in [4.78, 5) is 4.44. The Hall–Kier alpha value is 0.0700. The fraction of sp³-hybridized carbons (Fsp3) is 0.667. The fourth-order valence-electron chi connectivity index (χ4n) is 1.55. The summed E-state index contributed by atoms with van der Waals surface area (Å²) < 4.78 is 0.944. The molecular formula is C9H13BrN2S. The van der Waals surface area contributed by atoms with Crippen LogP contribution in [0, 0.1) is 0 Å². The Balaban J connectivity index is 2.34. The van der Waals surface area contributed by atoms with Gasteiger partial charge in [0.1, 0.15) is 0 Å². The lowest BCUT2D eigenvalue weighted by molar-refractivity contribution is 0.382. The number of aromatic nitrogens is 1. The van der Waals surface area contributed by atoms with Gasteiger partial charge in [0.15, 0.2) is 3.92 Å². The molecule has 0 amide bonds. The van der Waals surface area contributed by atoms with Gasteiger partial charge in [0.2, 0.25) is 0 Å². The predicted molar refractivity (Wildman–Crippen MR) is 59.0 cm³/mol. The van der Waals surface area contributed by atoms with Gasteiger partial charge in [-0.1, -0.05) is 13.8 Å². The molecular weight excluding hydrogens is 248 g/mol. The molecule has 1 aromatic rings. The lowest BCUT2D eigenvalue weighted by atomic mass is 9.80. The molecule has 1 aromatic heterocycles. The van der Waals surface area contributed by atoms with Crippen LogP contribution in [-0.2, 0) is 5.41 Å². The number of hydrogen-bond acceptors (Lipinski definition) is 3. The van der Waals surface area contributed by atoms with E-state index in [2.05, 4.69) is 40.1 Å². The van der Waals surface area contributed by atoms with Gasteiger partial charge in [-0.2, -0.15) is 0 Å². The minimum atomic E-state index is -0.0134. The van der Waals surface area contributed by atoms with Crippen LogP contribution in [0.2, 0.25) is 0 Å². The number of thiazole rings is 1. The van der Waals surface area contributed by atoms with Gasteiger partial charge in [-0.05, 0) is 28.8 Å². The van der Waals surface area contributed by atoms with Crippen LogP contribution in [0.15, 0.2) is 9.30 Å². The maximum atomic E-state index is 6.21. The summed E-state index contributed by atoms with van der Waals surface area (Å²) in [7, 11) is 0. The van der Waals surface area contributed by atoms with Crippen LogP contribution < -0.4 is 5.73 Å². The number of nitrogens with two attached hydrogens (primary N) is 1. The highest BCUT2D eigenvalue weighted by Crippen LogP contribution is 2.49. The molecule has 0 atom stereocenters. The van der Waals surface area contributed by atoms with Gasteiger partial charge in [0, 0.05) is 16.3 Å². The molecule has 4 heteroatoms. The maximum absolute atomic E-state index is 6.21. The molecule has 0 spiro atoms. The highest BCUT2D eigenvalue weighted by molar-refractivity contribution is 9.11. The molecule has 13 heavy (non-hydrogen) atoms. The van der Waals surface area contributed by atoms with Gasteiger partial charge < -0.3 is 5.73 Å². The van der Waals surface area contributed by atoms with Gasteiger partial charge in [-0.15, -0.1) is 11.3 Å². The fourth-order valence-corrected chi connectivity index (χ4v) is 2.73. The molecule has 1 heterocycles. The quantitative estimate of drug-likeness (QED) is 0.888. The Bertz CT molecular complexity index is 328. The van der Waals surface area contributed by atoms with Gasteiger partial charge >= 0.3 is 0 Å². The monoisotopic (exact) mass is 260 g/mol. The van der Waals surface area contributed by atoms with Gasteiger partial charge in [0.05, 0.1) is 5.69 Å². The minimum absolute atomic E-state index is 0.00944. The highest BCUT2D eigenvalue weighted by atomic mass is 79.9. The van der Waals surface area contributed by atoms with Gasteiger partial charge in [0.25, 0.3) is 0 Å². The Kier molecular flexibility index (Phi) is 2.06. The Labute approximate surface area is 90.7 Å². The summed E-state index contributed by atoms with van der Waals surface area (Å²) >= 11 is 5.00. The summed E-state index contributed by atoms with van der Waals surface area (Å²) in [5.74, 6) is 0. The summed E-state index contributed by atoms with van der Waals surface area (Å²) in [5.41, 5.74) is 7.33. The Morgan fingerprint density at radius 1 is 1.62 bits per heavy atom. The van der Waals surface area contributed by atoms with Gasteiger partial charge in [-0.3, -0.25) is 0 Å². The zero-order chi connectivity index (χ0) is 9.69. The molecule has 0 radical (unpaired) electrons. The molecule has 1 saturated carbocycles. The molecule has 2 N–H and O–H groups in total. The van der Waals surface area contributed by atoms with Crippen molar-refractivity contribution in [2.24, 2.45) is 5.73 Å². The number of rotatable bonds is 2. The van der Waals surface area contributed by atoms with Crippen molar-refractivity contribution in [1.29, 1.82) is 0 Å². The zero-order valence-corrected chi connectivity index (χ0v) is 10.2. The van der Waals surface area contributed by atoms with Crippen LogP contribution in [0.1, 0.15) is 32.4 Å². The van der Waals surface area contributed by atoms with E-state index in [1.54, 1.807) is 11.3 Å². The standard InChI is InChI=1S/C9H13BrN2S/c1-8(2,9(11)3-4-9)6-5-13-7(10)12-6/h5H,3-4,11H2,1-2H3. The molecule has 0 saturated heterocycles. The molecule has 1 aliphatic rings. The third kappa shape index (κ3) is 1.45. The summed E-state index contributed by atoms with van der Waals surface area (Å²) in [6.45, 7) is 4.36. The smallest absolute Gasteiger partial charge is 0.159 e. The van der Waals surface area contributed by atoms with Crippen molar-refractivity contribution in [3.63, 3.8) is 0 Å². The minimum Gasteiger partial charge on any atom is -0.324 e. The first-order chi connectivity index (χ1) is 5.96. The zero-order valence-electron chi connectivity index (χ0n) is 7.80. The first-order valence-corrected chi connectivity index (χ1v) is 6.03. The van der Waals surface area contributed by atoms with E-state index in [1.165, 1.54) is 0 Å². The van der Waals surface area contributed by atoms with E-state index < -0.39 is 0 Å². The largest absolute Gasteiger partial charge is 0.324 e. The Morgan fingerprint density at radius 2 is 2.23 bits per heavy atom. The van der Waals surface area contributed by atoms with Crippen molar-refractivity contribution in [1.82, 2.24) is 4.98 Å². The molecule has 1 aliphatic carbocycles. The second kappa shape index (κ2) is 2.78. The van der Waals surface area contributed by atoms with Crippen LogP contribution >= 0.6 is 27.3 Å². The average molecular weight is 261 g/mol. The van der Waals surface area contributed by atoms with Crippen LogP contribution in [0.4, 0.5) is 0 Å². The normalized spacial score (nSPS) is 20.3. The molecule has 72 valence electrons. The van der Waals surface area contributed by atoms with E-state index >= 15 is 0 Å². The van der Waals surface area contributed by atoms with Gasteiger partial charge in [-0.25, -0.2) is 4.98 Å². The SMILES string of the molecule is CC(C)(c1csc(Br)n1)C1(N)CC1. The third-order valence-electron chi connectivity index (χ3n) is 3.15. The van der Waals surface area contributed by atoms with Crippen LogP contribution in [0.3, 0.4) is 0 Å². The van der Waals surface area contributed by atoms with Crippen LogP contribution in [0.25, 0.3) is 0 Å². The van der Waals surface area contributed by atoms with Crippen LogP contribution in [0.5, 0.6) is 0 Å². The third-order valence-corrected chi connectivity index (χ3v) is 4.51. The lowest BCUT2D eigenvalue weighted by Gasteiger charge is -2.29. The van der Waals surface area contributed by atoms with E-state index in [4.69, 9.17) is 5.73 Å². The predicted octanol–water partition coefficient (Wildman–Crippen LogP) is 2.67. The summed E-state index contributed by atoms with van der Waals surface area (Å²) in [5, 5.41) is 2.09. The number of hydrogen-bond donors (Lipinski definition) is 1. The average Bonchev–Trinajstić information content (AvgIpc) is 2.63. The second-order valence-corrected chi connectivity index (χ2v) is 6.40. The van der Waals surface area contributed by atoms with Crippen molar-refractivity contribution in [3.8, 4) is 0 Å². The van der Waals surface area contributed by atoms with E-state index in [0.717, 1.165) is 22.5 Å². The Morgan fingerprint density at radius 3 is 2.62 bits per heavy atom. The summed E-state index contributed by atoms with van der Waals surface area (Å²) in [6.07, 6.45) is 2.24. The molecule has 2 rings (SSSR count). The maximum Gasteiger partial charge on any atom is 0.159 e. The van der Waals surface area contributed by atoms with Crippen molar-refractivity contribution < 1.29 is 0 Å². The van der Waals surface area contributed by atoms with E-state index in [1.807, 2.05) is 0 Å². The molecule has 2 nitrogen and oxygen atoms in total. The topological polar surface area (TPSA) is 38.9 Å². The van der Waals surface area contributed by atoms with E-state index in [0.29, 0.717) is 0 Å². The number of halogens is 1. The van der Waals surface area contributed by atoms with Crippen molar-refractivity contribution in [2.75, 3.05) is 0 Å². The summed E-state index contributed by atoms with van der Waals surface area (Å²) in [6, 6.07) is 0. The molecule has 0 aliphatic heterocycles. The van der Waals surface area contributed by atoms with E-state index in [9.17, 15) is 0 Å². The molecule has 0 unspecified atom stereocenters.